The molecule has 0 radical (unpaired) electrons. The average Bonchev–Trinajstić information content (AvgIpc) is 2.85. The summed E-state index contributed by atoms with van der Waals surface area (Å²) < 4.78 is 27.5. The second kappa shape index (κ2) is 7.30. The van der Waals surface area contributed by atoms with E-state index in [1.807, 2.05) is 0 Å². The molecule has 1 atom stereocenters. The van der Waals surface area contributed by atoms with Crippen molar-refractivity contribution in [2.45, 2.75) is 31.8 Å². The number of nitrogens with zero attached hydrogens (tertiary/aromatic N) is 1. The van der Waals surface area contributed by atoms with Crippen molar-refractivity contribution in [2.24, 2.45) is 5.14 Å². The summed E-state index contributed by atoms with van der Waals surface area (Å²) in [6.07, 6.45) is -1.03. The van der Waals surface area contributed by atoms with E-state index >= 15 is 0 Å². The number of esters is 1. The first-order chi connectivity index (χ1) is 11.6. The van der Waals surface area contributed by atoms with Gasteiger partial charge in [0.2, 0.25) is 10.0 Å². The number of nitrogens with two attached hydrogens (primary N) is 1. The van der Waals surface area contributed by atoms with Gasteiger partial charge in [-0.3, -0.25) is 4.79 Å². The molecule has 0 saturated carbocycles. The Bertz CT molecular complexity index is 904. The monoisotopic (exact) mass is 383 g/mol. The lowest BCUT2D eigenvalue weighted by Crippen LogP contribution is -2.30. The molecule has 1 amide bonds. The third kappa shape index (κ3) is 4.84. The number of anilines is 1. The standard InChI is InChI=1S/C15H17N3O5S2/c1-8-13(24-10(3)17-8)15(20)23-9(2)14(19)18-11-4-6-12(7-5-11)25(16,21)22/h4-7,9H,1-3H3,(H,18,19)(H2,16,21,22). The summed E-state index contributed by atoms with van der Waals surface area (Å²) in [5.41, 5.74) is 0.906. The molecule has 0 fully saturated rings. The first-order valence-corrected chi connectivity index (χ1v) is 9.53. The van der Waals surface area contributed by atoms with Crippen molar-refractivity contribution >= 4 is 38.9 Å². The Kier molecular flexibility index (Phi) is 5.55. The maximum atomic E-state index is 12.1. The number of hydrogen-bond donors (Lipinski definition) is 2. The Hall–Kier alpha value is -2.30. The molecule has 1 heterocycles. The molecule has 3 N–H and O–H groups in total. The van der Waals surface area contributed by atoms with Gasteiger partial charge in [0.15, 0.2) is 6.10 Å². The summed E-state index contributed by atoms with van der Waals surface area (Å²) in [5.74, 6) is -1.16. The van der Waals surface area contributed by atoms with E-state index in [-0.39, 0.29) is 4.90 Å². The van der Waals surface area contributed by atoms with Crippen LogP contribution in [0.2, 0.25) is 0 Å². The molecule has 1 unspecified atom stereocenters. The molecule has 134 valence electrons. The lowest BCUT2D eigenvalue weighted by atomic mass is 10.3. The second-order valence-electron chi connectivity index (χ2n) is 5.25. The fourth-order valence-corrected chi connectivity index (χ4v) is 3.28. The molecule has 0 spiro atoms. The summed E-state index contributed by atoms with van der Waals surface area (Å²) in [7, 11) is -3.80. The molecular formula is C15H17N3O5S2. The number of benzene rings is 1. The van der Waals surface area contributed by atoms with Gasteiger partial charge in [0.05, 0.1) is 15.6 Å². The largest absolute Gasteiger partial charge is 0.448 e. The average molecular weight is 383 g/mol. The van der Waals surface area contributed by atoms with Gasteiger partial charge in [-0.1, -0.05) is 0 Å². The lowest BCUT2D eigenvalue weighted by molar-refractivity contribution is -0.123. The van der Waals surface area contributed by atoms with E-state index in [0.29, 0.717) is 16.3 Å². The molecule has 1 aromatic carbocycles. The number of ether oxygens (including phenoxy) is 1. The number of rotatable bonds is 5. The number of hydrogen-bond acceptors (Lipinski definition) is 7. The number of sulfonamides is 1. The zero-order valence-electron chi connectivity index (χ0n) is 13.8. The van der Waals surface area contributed by atoms with E-state index in [9.17, 15) is 18.0 Å². The van der Waals surface area contributed by atoms with Gasteiger partial charge in [-0.25, -0.2) is 23.3 Å². The van der Waals surface area contributed by atoms with Crippen LogP contribution in [0.25, 0.3) is 0 Å². The Morgan fingerprint density at radius 3 is 2.32 bits per heavy atom. The highest BCUT2D eigenvalue weighted by molar-refractivity contribution is 7.89. The fourth-order valence-electron chi connectivity index (χ4n) is 1.96. The highest BCUT2D eigenvalue weighted by atomic mass is 32.2. The Morgan fingerprint density at radius 1 is 1.24 bits per heavy atom. The van der Waals surface area contributed by atoms with Crippen molar-refractivity contribution in [3.8, 4) is 0 Å². The molecule has 1 aromatic heterocycles. The van der Waals surface area contributed by atoms with E-state index in [2.05, 4.69) is 10.3 Å². The maximum absolute atomic E-state index is 12.1. The Labute approximate surface area is 149 Å². The van der Waals surface area contributed by atoms with Crippen LogP contribution in [0.4, 0.5) is 5.69 Å². The summed E-state index contributed by atoms with van der Waals surface area (Å²) in [4.78, 5) is 28.6. The van der Waals surface area contributed by atoms with Gasteiger partial charge in [-0.2, -0.15) is 0 Å². The first-order valence-electron chi connectivity index (χ1n) is 7.16. The van der Waals surface area contributed by atoms with Crippen molar-refractivity contribution in [1.29, 1.82) is 0 Å². The predicted octanol–water partition coefficient (Wildman–Crippen LogP) is 1.59. The van der Waals surface area contributed by atoms with Gasteiger partial charge < -0.3 is 10.1 Å². The van der Waals surface area contributed by atoms with E-state index < -0.39 is 28.0 Å². The van der Waals surface area contributed by atoms with Crippen LogP contribution in [0.1, 0.15) is 27.3 Å². The molecule has 0 aliphatic heterocycles. The number of thiazole rings is 1. The quantitative estimate of drug-likeness (QED) is 0.755. The van der Waals surface area contributed by atoms with Gasteiger partial charge in [0.25, 0.3) is 5.91 Å². The smallest absolute Gasteiger partial charge is 0.351 e. The minimum atomic E-state index is -3.80. The highest BCUT2D eigenvalue weighted by Crippen LogP contribution is 2.19. The van der Waals surface area contributed by atoms with Crippen molar-refractivity contribution in [1.82, 2.24) is 4.98 Å². The maximum Gasteiger partial charge on any atom is 0.351 e. The number of carbonyl (C=O) groups is 2. The minimum absolute atomic E-state index is 0.0685. The fraction of sp³-hybridized carbons (Fsp3) is 0.267. The zero-order chi connectivity index (χ0) is 18.8. The third-order valence-corrected chi connectivity index (χ3v) is 5.17. The number of nitrogens with one attached hydrogen (secondary N) is 1. The number of aryl methyl sites for hydroxylation is 2. The van der Waals surface area contributed by atoms with Crippen LogP contribution >= 0.6 is 11.3 Å². The molecule has 0 aliphatic carbocycles. The number of amides is 1. The molecule has 0 saturated heterocycles. The zero-order valence-corrected chi connectivity index (χ0v) is 15.4. The van der Waals surface area contributed by atoms with Gasteiger partial charge in [0.1, 0.15) is 4.88 Å². The summed E-state index contributed by atoms with van der Waals surface area (Å²) in [6.45, 7) is 4.91. The SMILES string of the molecule is Cc1nc(C)c(C(=O)OC(C)C(=O)Nc2ccc(S(N)(=O)=O)cc2)s1. The van der Waals surface area contributed by atoms with Gasteiger partial charge >= 0.3 is 5.97 Å². The molecule has 2 rings (SSSR count). The van der Waals surface area contributed by atoms with Crippen LogP contribution in [0, 0.1) is 13.8 Å². The Balaban J connectivity index is 2.00. The van der Waals surface area contributed by atoms with Crippen molar-refractivity contribution < 1.29 is 22.7 Å². The van der Waals surface area contributed by atoms with Gasteiger partial charge in [-0.05, 0) is 45.0 Å². The Morgan fingerprint density at radius 2 is 1.84 bits per heavy atom. The summed E-state index contributed by atoms with van der Waals surface area (Å²) in [5, 5.41) is 8.27. The van der Waals surface area contributed by atoms with Crippen molar-refractivity contribution in [2.75, 3.05) is 5.32 Å². The van der Waals surface area contributed by atoms with E-state index in [1.54, 1.807) is 13.8 Å². The van der Waals surface area contributed by atoms with Gasteiger partial charge in [0, 0.05) is 5.69 Å². The minimum Gasteiger partial charge on any atom is -0.448 e. The predicted molar refractivity (Wildman–Crippen MR) is 92.9 cm³/mol. The van der Waals surface area contributed by atoms with Gasteiger partial charge in [-0.15, -0.1) is 11.3 Å². The number of carbonyl (C=O) groups excluding carboxylic acids is 2. The van der Waals surface area contributed by atoms with Crippen LogP contribution in [-0.2, 0) is 19.6 Å². The number of primary sulfonamides is 1. The molecule has 25 heavy (non-hydrogen) atoms. The molecule has 10 heteroatoms. The molecule has 2 aromatic rings. The van der Waals surface area contributed by atoms with Crippen LogP contribution in [0.5, 0.6) is 0 Å². The highest BCUT2D eigenvalue weighted by Gasteiger charge is 2.22. The van der Waals surface area contributed by atoms with Crippen LogP contribution in [0.15, 0.2) is 29.2 Å². The molecule has 0 aliphatic rings. The van der Waals surface area contributed by atoms with E-state index in [4.69, 9.17) is 9.88 Å². The van der Waals surface area contributed by atoms with Crippen molar-refractivity contribution in [3.05, 3.63) is 39.8 Å². The normalized spacial score (nSPS) is 12.5. The summed E-state index contributed by atoms with van der Waals surface area (Å²) in [6, 6.07) is 5.32. The summed E-state index contributed by atoms with van der Waals surface area (Å²) >= 11 is 1.20. The molecule has 0 bridgehead atoms. The van der Waals surface area contributed by atoms with E-state index in [0.717, 1.165) is 5.01 Å². The van der Waals surface area contributed by atoms with Crippen LogP contribution in [0.3, 0.4) is 0 Å². The van der Waals surface area contributed by atoms with E-state index in [1.165, 1.54) is 42.5 Å². The lowest BCUT2D eigenvalue weighted by Gasteiger charge is -2.13. The third-order valence-electron chi connectivity index (χ3n) is 3.19. The molecular weight excluding hydrogens is 366 g/mol. The molecule has 8 nitrogen and oxygen atoms in total. The number of aromatic nitrogens is 1. The topological polar surface area (TPSA) is 128 Å². The first kappa shape index (κ1) is 19.0. The second-order valence-corrected chi connectivity index (χ2v) is 8.02. The van der Waals surface area contributed by atoms with Crippen LogP contribution < -0.4 is 10.5 Å². The van der Waals surface area contributed by atoms with Crippen LogP contribution in [-0.4, -0.2) is 31.4 Å². The van der Waals surface area contributed by atoms with Crippen molar-refractivity contribution in [3.63, 3.8) is 0 Å².